The van der Waals surface area contributed by atoms with E-state index in [4.69, 9.17) is 4.74 Å². The molecule has 1 aliphatic heterocycles. The molecule has 0 saturated carbocycles. The molecular formula is C16H21F3N2O2. The molecule has 1 aliphatic rings. The Morgan fingerprint density at radius 1 is 1.39 bits per heavy atom. The van der Waals surface area contributed by atoms with Gasteiger partial charge in [0.25, 0.3) is 0 Å². The Kier molecular flexibility index (Phi) is 5.87. The molecule has 1 N–H and O–H groups in total. The van der Waals surface area contributed by atoms with Crippen molar-refractivity contribution >= 4 is 5.91 Å². The number of carbonyl (C=O) groups is 1. The zero-order chi connectivity index (χ0) is 16.9. The van der Waals surface area contributed by atoms with Crippen LogP contribution in [0.3, 0.4) is 0 Å². The number of amides is 1. The molecule has 23 heavy (non-hydrogen) atoms. The SMILES string of the molecule is COc1ccccc1CCNC(=O)CN1CCC[C@@H]1C(F)(F)F. The van der Waals surface area contributed by atoms with Gasteiger partial charge in [-0.3, -0.25) is 9.69 Å². The van der Waals surface area contributed by atoms with Crippen LogP contribution in [0.15, 0.2) is 24.3 Å². The third-order valence-corrected chi connectivity index (χ3v) is 4.00. The molecule has 4 nitrogen and oxygen atoms in total. The second kappa shape index (κ2) is 7.68. The first kappa shape index (κ1) is 17.6. The van der Waals surface area contributed by atoms with Gasteiger partial charge in [0.05, 0.1) is 13.7 Å². The molecule has 7 heteroatoms. The van der Waals surface area contributed by atoms with Crippen molar-refractivity contribution in [2.24, 2.45) is 0 Å². The van der Waals surface area contributed by atoms with E-state index < -0.39 is 12.2 Å². The average molecular weight is 330 g/mol. The van der Waals surface area contributed by atoms with Gasteiger partial charge in [0.1, 0.15) is 11.8 Å². The molecule has 1 saturated heterocycles. The lowest BCUT2D eigenvalue weighted by Gasteiger charge is -2.25. The lowest BCUT2D eigenvalue weighted by molar-refractivity contribution is -0.176. The maximum atomic E-state index is 12.8. The summed E-state index contributed by atoms with van der Waals surface area (Å²) in [4.78, 5) is 13.1. The maximum absolute atomic E-state index is 12.8. The number of benzene rings is 1. The number of alkyl halides is 3. The van der Waals surface area contributed by atoms with Crippen LogP contribution in [0.25, 0.3) is 0 Å². The third-order valence-electron chi connectivity index (χ3n) is 4.00. The van der Waals surface area contributed by atoms with Crippen LogP contribution >= 0.6 is 0 Å². The first-order valence-corrected chi connectivity index (χ1v) is 7.61. The first-order chi connectivity index (χ1) is 10.9. The Labute approximate surface area is 133 Å². The van der Waals surface area contributed by atoms with Crippen LogP contribution in [-0.4, -0.2) is 49.8 Å². The van der Waals surface area contributed by atoms with E-state index >= 15 is 0 Å². The molecule has 1 heterocycles. The monoisotopic (exact) mass is 330 g/mol. The summed E-state index contributed by atoms with van der Waals surface area (Å²) in [6.07, 6.45) is -3.16. The van der Waals surface area contributed by atoms with Crippen molar-refractivity contribution in [1.29, 1.82) is 0 Å². The molecule has 128 valence electrons. The highest BCUT2D eigenvalue weighted by atomic mass is 19.4. The van der Waals surface area contributed by atoms with Crippen molar-refractivity contribution in [1.82, 2.24) is 10.2 Å². The smallest absolute Gasteiger partial charge is 0.404 e. The summed E-state index contributed by atoms with van der Waals surface area (Å²) in [5, 5.41) is 2.68. The first-order valence-electron chi connectivity index (χ1n) is 7.61. The summed E-state index contributed by atoms with van der Waals surface area (Å²) < 4.78 is 43.7. The largest absolute Gasteiger partial charge is 0.496 e. The molecule has 1 aromatic rings. The van der Waals surface area contributed by atoms with Crippen molar-refractivity contribution in [3.8, 4) is 5.75 Å². The molecule has 0 aliphatic carbocycles. The lowest BCUT2D eigenvalue weighted by atomic mass is 10.1. The van der Waals surface area contributed by atoms with Crippen LogP contribution in [0.4, 0.5) is 13.2 Å². The van der Waals surface area contributed by atoms with Crippen LogP contribution < -0.4 is 10.1 Å². The van der Waals surface area contributed by atoms with E-state index in [1.54, 1.807) is 7.11 Å². The van der Waals surface area contributed by atoms with E-state index in [0.29, 0.717) is 25.9 Å². The number of hydrogen-bond donors (Lipinski definition) is 1. The Morgan fingerprint density at radius 2 is 2.13 bits per heavy atom. The van der Waals surface area contributed by atoms with Gasteiger partial charge in [0, 0.05) is 6.54 Å². The predicted octanol–water partition coefficient (Wildman–Crippen LogP) is 2.38. The summed E-state index contributed by atoms with van der Waals surface area (Å²) in [5.74, 6) is 0.356. The van der Waals surface area contributed by atoms with E-state index in [-0.39, 0.29) is 18.9 Å². The molecule has 1 atom stereocenters. The van der Waals surface area contributed by atoms with Gasteiger partial charge >= 0.3 is 6.18 Å². The highest BCUT2D eigenvalue weighted by molar-refractivity contribution is 5.78. The number of halogens is 3. The summed E-state index contributed by atoms with van der Waals surface area (Å²) in [6.45, 7) is 0.462. The normalized spacial score (nSPS) is 18.9. The highest BCUT2D eigenvalue weighted by Gasteiger charge is 2.46. The molecule has 1 fully saturated rings. The summed E-state index contributed by atoms with van der Waals surface area (Å²) in [5.41, 5.74) is 0.949. The van der Waals surface area contributed by atoms with E-state index in [9.17, 15) is 18.0 Å². The van der Waals surface area contributed by atoms with Crippen molar-refractivity contribution in [2.45, 2.75) is 31.5 Å². The molecule has 2 rings (SSSR count). The Bertz CT molecular complexity index is 534. The average Bonchev–Trinajstić information content (AvgIpc) is 2.96. The molecule has 0 bridgehead atoms. The minimum atomic E-state index is -4.27. The summed E-state index contributed by atoms with van der Waals surface area (Å²) >= 11 is 0. The molecular weight excluding hydrogens is 309 g/mol. The molecule has 0 spiro atoms. The zero-order valence-electron chi connectivity index (χ0n) is 13.0. The minimum Gasteiger partial charge on any atom is -0.496 e. The fourth-order valence-corrected chi connectivity index (χ4v) is 2.87. The van der Waals surface area contributed by atoms with Crippen LogP contribution in [-0.2, 0) is 11.2 Å². The van der Waals surface area contributed by atoms with Crippen molar-refractivity contribution in [2.75, 3.05) is 26.7 Å². The second-order valence-corrected chi connectivity index (χ2v) is 5.58. The fourth-order valence-electron chi connectivity index (χ4n) is 2.87. The fraction of sp³-hybridized carbons (Fsp3) is 0.562. The van der Waals surface area contributed by atoms with Crippen LogP contribution in [0.5, 0.6) is 5.75 Å². The molecule has 0 unspecified atom stereocenters. The third kappa shape index (κ3) is 4.86. The van der Waals surface area contributed by atoms with Gasteiger partial charge in [-0.15, -0.1) is 0 Å². The number of nitrogens with zero attached hydrogens (tertiary/aromatic N) is 1. The maximum Gasteiger partial charge on any atom is 0.404 e. The van der Waals surface area contributed by atoms with Crippen molar-refractivity contribution in [3.05, 3.63) is 29.8 Å². The Morgan fingerprint density at radius 3 is 2.83 bits per heavy atom. The van der Waals surface area contributed by atoms with Crippen LogP contribution in [0, 0.1) is 0 Å². The highest BCUT2D eigenvalue weighted by Crippen LogP contribution is 2.32. The van der Waals surface area contributed by atoms with E-state index in [1.807, 2.05) is 24.3 Å². The number of nitrogens with one attached hydrogen (secondary N) is 1. The van der Waals surface area contributed by atoms with Gasteiger partial charge in [0.2, 0.25) is 5.91 Å². The number of likely N-dealkylation sites (tertiary alicyclic amines) is 1. The Balaban J connectivity index is 1.79. The van der Waals surface area contributed by atoms with Gasteiger partial charge < -0.3 is 10.1 Å². The van der Waals surface area contributed by atoms with E-state index in [2.05, 4.69) is 5.32 Å². The molecule has 1 aromatic carbocycles. The summed E-state index contributed by atoms with van der Waals surface area (Å²) in [7, 11) is 1.57. The van der Waals surface area contributed by atoms with Crippen LogP contribution in [0.1, 0.15) is 18.4 Å². The van der Waals surface area contributed by atoms with Crippen LogP contribution in [0.2, 0.25) is 0 Å². The number of hydrogen-bond acceptors (Lipinski definition) is 3. The number of rotatable bonds is 6. The number of ether oxygens (including phenoxy) is 1. The quantitative estimate of drug-likeness (QED) is 0.871. The zero-order valence-corrected chi connectivity index (χ0v) is 13.0. The molecule has 0 radical (unpaired) electrons. The van der Waals surface area contributed by atoms with Gasteiger partial charge in [-0.1, -0.05) is 18.2 Å². The molecule has 1 amide bonds. The van der Waals surface area contributed by atoms with Gasteiger partial charge in [-0.2, -0.15) is 13.2 Å². The van der Waals surface area contributed by atoms with Gasteiger partial charge in [-0.05, 0) is 37.4 Å². The Hall–Kier alpha value is -1.76. The van der Waals surface area contributed by atoms with E-state index in [0.717, 1.165) is 11.3 Å². The topological polar surface area (TPSA) is 41.6 Å². The number of para-hydroxylation sites is 1. The van der Waals surface area contributed by atoms with Gasteiger partial charge in [0.15, 0.2) is 0 Å². The molecule has 0 aromatic heterocycles. The van der Waals surface area contributed by atoms with Crippen molar-refractivity contribution in [3.63, 3.8) is 0 Å². The van der Waals surface area contributed by atoms with E-state index in [1.165, 1.54) is 4.90 Å². The minimum absolute atomic E-state index is 0.0675. The standard InChI is InChI=1S/C16H21F3N2O2/c1-23-13-6-3-2-5-12(13)8-9-20-15(22)11-21-10-4-7-14(21)16(17,18)19/h2-3,5-6,14H,4,7-11H2,1H3,(H,20,22)/t14-/m1/s1. The van der Waals surface area contributed by atoms with Crippen molar-refractivity contribution < 1.29 is 22.7 Å². The number of carbonyl (C=O) groups excluding carboxylic acids is 1. The summed E-state index contributed by atoms with van der Waals surface area (Å²) in [6, 6.07) is 5.95. The lowest BCUT2D eigenvalue weighted by Crippen LogP contribution is -2.46. The van der Waals surface area contributed by atoms with Gasteiger partial charge in [-0.25, -0.2) is 0 Å². The predicted molar refractivity (Wildman–Crippen MR) is 80.4 cm³/mol. The second-order valence-electron chi connectivity index (χ2n) is 5.58. The number of methoxy groups -OCH3 is 1.